The van der Waals surface area contributed by atoms with Crippen LogP contribution in [-0.4, -0.2) is 194 Å². The number of rotatable bonds is 24. The zero-order valence-electron chi connectivity index (χ0n) is 45.0. The number of Topliss-reactive ketones (excluding diaryl/α,β-unsaturated/α-hetero) is 2. The Kier molecular flexibility index (Phi) is 22.1. The smallest absolute Gasteiger partial charge is 0.303 e. The van der Waals surface area contributed by atoms with Crippen LogP contribution in [0.15, 0.2) is 0 Å². The number of hydroxylamine groups is 4. The first-order chi connectivity index (χ1) is 36.7. The lowest BCUT2D eigenvalue weighted by Gasteiger charge is -2.46. The van der Waals surface area contributed by atoms with Crippen LogP contribution in [0.3, 0.4) is 0 Å². The predicted octanol–water partition coefficient (Wildman–Crippen LogP) is -0.453. The van der Waals surface area contributed by atoms with Crippen LogP contribution < -0.4 is 0 Å². The molecule has 436 valence electrons. The summed E-state index contributed by atoms with van der Waals surface area (Å²) in [5.41, 5.74) is 0. The van der Waals surface area contributed by atoms with Crippen LogP contribution in [0, 0.1) is 23.7 Å². The summed E-state index contributed by atoms with van der Waals surface area (Å²) < 4.78 is 67.5. The molecule has 4 heterocycles. The summed E-state index contributed by atoms with van der Waals surface area (Å²) >= 11 is 0. The minimum Gasteiger partial charge on any atom is -0.462 e. The van der Waals surface area contributed by atoms with Crippen molar-refractivity contribution in [3.8, 4) is 0 Å². The molecule has 0 unspecified atom stereocenters. The molecule has 4 saturated heterocycles. The highest BCUT2D eigenvalue weighted by molar-refractivity contribution is 6.04. The monoisotopic (exact) mass is 1120 g/mol. The van der Waals surface area contributed by atoms with E-state index in [0.717, 1.165) is 79.7 Å². The van der Waals surface area contributed by atoms with Gasteiger partial charge in [0, 0.05) is 107 Å². The molecule has 18 atom stereocenters. The molecule has 30 nitrogen and oxygen atoms in total. The van der Waals surface area contributed by atoms with Gasteiger partial charge in [0.05, 0.1) is 23.9 Å². The molecule has 0 bridgehead atoms. The quantitative estimate of drug-likeness (QED) is 0.0872. The Morgan fingerprint density at radius 3 is 0.987 bits per heavy atom. The number of carbonyl (C=O) groups excluding carboxylic acids is 12. The molecule has 30 heteroatoms. The number of fused-ring (bicyclic) bond motifs is 6. The van der Waals surface area contributed by atoms with Crippen molar-refractivity contribution in [1.29, 1.82) is 0 Å². The normalized spacial score (nSPS) is 28.6. The van der Waals surface area contributed by atoms with E-state index in [-0.39, 0.29) is 26.1 Å². The molecular formula is C48H66N2O28. The van der Waals surface area contributed by atoms with E-state index in [1.54, 1.807) is 13.8 Å². The molecule has 0 N–H and O–H groups in total. The number of carbonyl (C=O) groups is 12. The highest BCUT2D eigenvalue weighted by Gasteiger charge is 2.71. The molecule has 0 aromatic heterocycles. The molecule has 1 saturated carbocycles. The van der Waals surface area contributed by atoms with Gasteiger partial charge >= 0.3 is 59.7 Å². The van der Waals surface area contributed by atoms with E-state index in [4.69, 9.17) is 76.2 Å². The fourth-order valence-electron chi connectivity index (χ4n) is 10.4. The summed E-state index contributed by atoms with van der Waals surface area (Å²) in [7, 11) is 0. The van der Waals surface area contributed by atoms with Crippen LogP contribution in [0.25, 0.3) is 0 Å². The van der Waals surface area contributed by atoms with Crippen LogP contribution in [-0.2, 0) is 134 Å². The first-order valence-electron chi connectivity index (χ1n) is 24.9. The molecule has 0 radical (unpaired) electrons. The van der Waals surface area contributed by atoms with Crippen LogP contribution in [0.4, 0.5) is 0 Å². The third-order valence-corrected chi connectivity index (χ3v) is 12.7. The Labute approximate surface area is 446 Å². The number of nitrogens with zero attached hydrogens (tertiary/aromatic N) is 2. The van der Waals surface area contributed by atoms with Gasteiger partial charge in [-0.25, -0.2) is 9.68 Å². The maximum Gasteiger partial charge on any atom is 0.303 e. The van der Waals surface area contributed by atoms with Crippen LogP contribution in [0.5, 0.6) is 0 Å². The van der Waals surface area contributed by atoms with E-state index in [0.29, 0.717) is 0 Å². The second kappa shape index (κ2) is 27.5. The van der Waals surface area contributed by atoms with E-state index in [1.165, 1.54) is 0 Å². The molecule has 1 aliphatic carbocycles. The lowest BCUT2D eigenvalue weighted by Crippen LogP contribution is -2.63. The topological polar surface area (TPSA) is 359 Å². The van der Waals surface area contributed by atoms with Crippen molar-refractivity contribution in [3.05, 3.63) is 0 Å². The predicted molar refractivity (Wildman–Crippen MR) is 245 cm³/mol. The standard InChI is InChI=1S/C48H66N2O28/c1-13-63-33-15-29(41(69-23(7)55)47(73-27(11)59)43(71-25(9)57)31(67-21(5)53)17-65-19(3)51)37-35-39(61)46-36(40(62)45(35)77-49(37)75-33)38-30(16-34(64-14-2)76-50(38)78-46)42(70-24(8)56)48(74-28(12)60)44(72-26(10)58)32(68-22(6)54)18-66-20(4)52/h29-38,41-48H,13-18H2,1-12H3/t29-,30-,31+,32+,33-,34+,35+,36-,37-,38+,41-,42-,43-,44-,45+,46-,47+,48+/m0/s1. The summed E-state index contributed by atoms with van der Waals surface area (Å²) in [5, 5.41) is 1.59. The maximum absolute atomic E-state index is 15.5. The average Bonchev–Trinajstić information content (AvgIpc) is 4.06. The van der Waals surface area contributed by atoms with Gasteiger partial charge in [0.1, 0.15) is 25.4 Å². The van der Waals surface area contributed by atoms with E-state index in [2.05, 4.69) is 0 Å². The molecule has 5 rings (SSSR count). The van der Waals surface area contributed by atoms with Crippen LogP contribution in [0.1, 0.15) is 95.9 Å². The summed E-state index contributed by atoms with van der Waals surface area (Å²) in [6.07, 6.45) is -21.8. The first kappa shape index (κ1) is 62.6. The summed E-state index contributed by atoms with van der Waals surface area (Å²) in [4.78, 5) is 183. The highest BCUT2D eigenvalue weighted by Crippen LogP contribution is 2.52. The summed E-state index contributed by atoms with van der Waals surface area (Å²) in [5.74, 6) is -17.7. The van der Waals surface area contributed by atoms with E-state index in [1.807, 2.05) is 0 Å². The van der Waals surface area contributed by atoms with Crippen molar-refractivity contribution in [3.63, 3.8) is 0 Å². The van der Waals surface area contributed by atoms with Gasteiger partial charge < -0.3 is 56.8 Å². The minimum absolute atomic E-state index is 0.0135. The number of ether oxygens (including phenoxy) is 12. The van der Waals surface area contributed by atoms with Crippen molar-refractivity contribution < 1.29 is 134 Å². The number of esters is 10. The van der Waals surface area contributed by atoms with Gasteiger partial charge in [0.25, 0.3) is 0 Å². The van der Waals surface area contributed by atoms with Gasteiger partial charge in [-0.05, 0) is 13.8 Å². The summed E-state index contributed by atoms with van der Waals surface area (Å²) in [6, 6.07) is -3.03. The zero-order valence-corrected chi connectivity index (χ0v) is 45.0. The molecule has 4 aliphatic heterocycles. The second-order valence-corrected chi connectivity index (χ2v) is 18.6. The van der Waals surface area contributed by atoms with Gasteiger partial charge in [-0.2, -0.15) is 0 Å². The van der Waals surface area contributed by atoms with Crippen LogP contribution in [0.2, 0.25) is 0 Å². The largest absolute Gasteiger partial charge is 0.462 e. The van der Waals surface area contributed by atoms with E-state index in [9.17, 15) is 47.9 Å². The SMILES string of the molecule is CCO[C@H]1C[C@H]([C@H](OC(C)=O)[C@@H](OC(C)=O)[C@@H](OC(C)=O)[C@@H](COC(C)=O)OC(C)=O)[C@@H]2[C@H]3C(=O)[C@@H]4ON5O[C@H](OCC)C[C@H]([C@H](OC(C)=O)[C@@H](OC(C)=O)[C@@H](OC(C)=O)[C@@H](COC(C)=O)OC(C)=O)[C@H]5[C@@H]4C(=O)[C@H]3ON2O1. The molecule has 0 aromatic carbocycles. The molecule has 0 amide bonds. The van der Waals surface area contributed by atoms with Gasteiger partial charge in [0.15, 0.2) is 73.0 Å². The Morgan fingerprint density at radius 2 is 0.718 bits per heavy atom. The maximum atomic E-state index is 15.5. The second-order valence-electron chi connectivity index (χ2n) is 18.6. The lowest BCUT2D eigenvalue weighted by molar-refractivity contribution is -0.445. The fourth-order valence-corrected chi connectivity index (χ4v) is 10.4. The molecule has 0 spiro atoms. The van der Waals surface area contributed by atoms with Crippen molar-refractivity contribution in [2.45, 2.75) is 182 Å². The molecule has 78 heavy (non-hydrogen) atoms. The van der Waals surface area contributed by atoms with Crippen LogP contribution >= 0.6 is 0 Å². The number of hydrogen-bond donors (Lipinski definition) is 0. The van der Waals surface area contributed by atoms with Crippen molar-refractivity contribution in [2.75, 3.05) is 26.4 Å². The van der Waals surface area contributed by atoms with Gasteiger partial charge in [0.2, 0.25) is 0 Å². The fraction of sp³-hybridized carbons (Fsp3) is 0.750. The van der Waals surface area contributed by atoms with Gasteiger partial charge in [-0.3, -0.25) is 67.2 Å². The highest BCUT2D eigenvalue weighted by atomic mass is 17.0. The molecule has 0 aromatic rings. The Bertz CT molecular complexity index is 2120. The van der Waals surface area contributed by atoms with Crippen molar-refractivity contribution in [2.24, 2.45) is 23.7 Å². The number of hydrogen-bond acceptors (Lipinski definition) is 30. The van der Waals surface area contributed by atoms with Gasteiger partial charge in [-0.1, -0.05) is 10.5 Å². The van der Waals surface area contributed by atoms with Crippen molar-refractivity contribution >= 4 is 71.3 Å². The summed E-state index contributed by atoms with van der Waals surface area (Å²) in [6.45, 7) is 11.5. The van der Waals surface area contributed by atoms with Crippen molar-refractivity contribution in [1.82, 2.24) is 10.5 Å². The molecule has 5 aliphatic rings. The lowest BCUT2D eigenvalue weighted by atomic mass is 9.65. The third-order valence-electron chi connectivity index (χ3n) is 12.7. The third kappa shape index (κ3) is 15.5. The zero-order chi connectivity index (χ0) is 58.0. The Morgan fingerprint density at radius 1 is 0.423 bits per heavy atom. The molecule has 5 fully saturated rings. The minimum atomic E-state index is -1.96. The molecular weight excluding hydrogens is 1050 g/mol. The Balaban J connectivity index is 1.68. The Hall–Kier alpha value is -6.28. The average molecular weight is 1120 g/mol. The first-order valence-corrected chi connectivity index (χ1v) is 24.9. The van der Waals surface area contributed by atoms with E-state index >= 15 is 9.59 Å². The van der Waals surface area contributed by atoms with E-state index < -0.39 is 194 Å². The number of ketones is 2. The van der Waals surface area contributed by atoms with Gasteiger partial charge in [-0.15, -0.1) is 0 Å².